The number of rotatable bonds is 15. The Hall–Kier alpha value is -4.61. The highest BCUT2D eigenvalue weighted by Crippen LogP contribution is 2.31. The molecule has 2 aromatic heterocycles. The number of hydrogen-bond acceptors (Lipinski definition) is 11. The molecule has 2 aliphatic heterocycles. The zero-order valence-corrected chi connectivity index (χ0v) is 34.3. The maximum atomic E-state index is 9.44. The first-order chi connectivity index (χ1) is 26.6. The summed E-state index contributed by atoms with van der Waals surface area (Å²) in [4.78, 5) is 29.9. The molecule has 6 rings (SSSR count). The molecule has 0 saturated carbocycles. The van der Waals surface area contributed by atoms with E-state index in [1.165, 1.54) is 26.7 Å². The summed E-state index contributed by atoms with van der Waals surface area (Å²) in [5.41, 5.74) is 4.40. The molecule has 4 heterocycles. The van der Waals surface area contributed by atoms with Gasteiger partial charge in [-0.25, -0.2) is 19.9 Å². The first kappa shape index (κ1) is 43.1. The van der Waals surface area contributed by atoms with Crippen molar-refractivity contribution >= 4 is 5.78 Å². The first-order valence-corrected chi connectivity index (χ1v) is 19.7. The van der Waals surface area contributed by atoms with Crippen LogP contribution in [0.1, 0.15) is 88.5 Å². The standard InChI is InChI=1S/C22H31N3O2.C19H25N3O2.C3H6O/c1-5-19-8-10-23-22(24-19)13-17-6-7-20(26-4)21(12-17)27-15-18-9-11-25(14-18)16(2)3;1-3-16-7-9-21-19(22-16)11-14-4-5-17(23-2)18(10-14)24-13-15-6-8-20-12-15;1-3(2)4/h6-8,10,12,16,18H,5,9,11,13-15H2,1-4H3;4-5,7,9-10,15,20H,3,6,8,11-13H2,1-2H3;1-2H3. The summed E-state index contributed by atoms with van der Waals surface area (Å²) in [6.07, 6.45) is 9.25. The highest BCUT2D eigenvalue weighted by atomic mass is 16.5. The van der Waals surface area contributed by atoms with Gasteiger partial charge in [0.05, 0.1) is 27.4 Å². The molecule has 0 amide bonds. The van der Waals surface area contributed by atoms with Crippen LogP contribution in [-0.4, -0.2) is 90.3 Å². The van der Waals surface area contributed by atoms with E-state index in [0.717, 1.165) is 103 Å². The van der Waals surface area contributed by atoms with Crippen molar-refractivity contribution in [3.8, 4) is 23.0 Å². The molecular formula is C44H62N6O5. The van der Waals surface area contributed by atoms with Crippen molar-refractivity contribution in [2.45, 2.75) is 86.1 Å². The van der Waals surface area contributed by atoms with Gasteiger partial charge in [0.2, 0.25) is 0 Å². The summed E-state index contributed by atoms with van der Waals surface area (Å²) in [7, 11) is 3.36. The number of carbonyl (C=O) groups excluding carboxylic acids is 1. The van der Waals surface area contributed by atoms with Crippen LogP contribution in [0, 0.1) is 11.8 Å². The zero-order valence-electron chi connectivity index (χ0n) is 34.3. The lowest BCUT2D eigenvalue weighted by Gasteiger charge is -2.20. The smallest absolute Gasteiger partial charge is 0.161 e. The lowest BCUT2D eigenvalue weighted by Crippen LogP contribution is -2.29. The van der Waals surface area contributed by atoms with Gasteiger partial charge >= 0.3 is 0 Å². The number of ketones is 1. The number of nitrogens with zero attached hydrogens (tertiary/aromatic N) is 5. The highest BCUT2D eigenvalue weighted by molar-refractivity contribution is 5.72. The van der Waals surface area contributed by atoms with Crippen LogP contribution < -0.4 is 24.3 Å². The van der Waals surface area contributed by atoms with Crippen molar-refractivity contribution in [2.24, 2.45) is 11.8 Å². The van der Waals surface area contributed by atoms with Crippen LogP contribution in [0.3, 0.4) is 0 Å². The summed E-state index contributed by atoms with van der Waals surface area (Å²) >= 11 is 0. The van der Waals surface area contributed by atoms with Gasteiger partial charge in [-0.3, -0.25) is 0 Å². The molecule has 11 heteroatoms. The van der Waals surface area contributed by atoms with Gasteiger partial charge < -0.3 is 34.0 Å². The number of ether oxygens (including phenoxy) is 4. The summed E-state index contributed by atoms with van der Waals surface area (Å²) in [6.45, 7) is 17.6. The van der Waals surface area contributed by atoms with Gasteiger partial charge in [-0.15, -0.1) is 0 Å². The van der Waals surface area contributed by atoms with Gasteiger partial charge in [0, 0.05) is 67.6 Å². The number of nitrogens with one attached hydrogen (secondary N) is 1. The second-order valence-electron chi connectivity index (χ2n) is 14.6. The summed E-state index contributed by atoms with van der Waals surface area (Å²) in [5.74, 6) is 6.15. The Morgan fingerprint density at radius 1 is 0.764 bits per heavy atom. The van der Waals surface area contributed by atoms with Crippen molar-refractivity contribution < 1.29 is 23.7 Å². The Labute approximate surface area is 328 Å². The fourth-order valence-electron chi connectivity index (χ4n) is 6.44. The van der Waals surface area contributed by atoms with Gasteiger partial charge in [0.25, 0.3) is 0 Å². The molecule has 2 saturated heterocycles. The molecule has 0 radical (unpaired) electrons. The molecule has 2 unspecified atom stereocenters. The summed E-state index contributed by atoms with van der Waals surface area (Å²) < 4.78 is 23.1. The molecule has 4 aromatic rings. The van der Waals surface area contributed by atoms with Gasteiger partial charge in [0.15, 0.2) is 23.0 Å². The Kier molecular flexibility index (Phi) is 17.8. The highest BCUT2D eigenvalue weighted by Gasteiger charge is 2.25. The van der Waals surface area contributed by atoms with Gasteiger partial charge in [-0.05, 0) is 114 Å². The average Bonchev–Trinajstić information content (AvgIpc) is 3.90. The van der Waals surface area contributed by atoms with E-state index in [1.54, 1.807) is 14.2 Å². The third kappa shape index (κ3) is 14.5. The van der Waals surface area contributed by atoms with Crippen molar-refractivity contribution in [1.82, 2.24) is 30.2 Å². The maximum Gasteiger partial charge on any atom is 0.161 e. The number of methoxy groups -OCH3 is 2. The summed E-state index contributed by atoms with van der Waals surface area (Å²) in [5, 5.41) is 3.36. The van der Waals surface area contributed by atoms with E-state index in [1.807, 2.05) is 48.8 Å². The fraction of sp³-hybridized carbons (Fsp3) is 0.523. The number of likely N-dealkylation sites (tertiary alicyclic amines) is 1. The molecule has 2 fully saturated rings. The largest absolute Gasteiger partial charge is 0.493 e. The Morgan fingerprint density at radius 2 is 1.27 bits per heavy atom. The van der Waals surface area contributed by atoms with E-state index >= 15 is 0 Å². The van der Waals surface area contributed by atoms with Crippen molar-refractivity contribution in [3.63, 3.8) is 0 Å². The second kappa shape index (κ2) is 22.7. The van der Waals surface area contributed by atoms with Crippen LogP contribution in [0.5, 0.6) is 23.0 Å². The molecule has 298 valence electrons. The Morgan fingerprint density at radius 3 is 1.69 bits per heavy atom. The molecule has 1 N–H and O–H groups in total. The summed E-state index contributed by atoms with van der Waals surface area (Å²) in [6, 6.07) is 16.7. The van der Waals surface area contributed by atoms with E-state index in [4.69, 9.17) is 18.9 Å². The van der Waals surface area contributed by atoms with E-state index in [-0.39, 0.29) is 5.78 Å². The third-order valence-corrected chi connectivity index (χ3v) is 9.59. The van der Waals surface area contributed by atoms with Crippen molar-refractivity contribution in [1.29, 1.82) is 0 Å². The van der Waals surface area contributed by atoms with Crippen LogP contribution in [0.25, 0.3) is 0 Å². The van der Waals surface area contributed by atoms with Crippen molar-refractivity contribution in [3.05, 3.63) is 95.1 Å². The number of aryl methyl sites for hydroxylation is 2. The molecule has 2 aromatic carbocycles. The molecule has 0 bridgehead atoms. The predicted molar refractivity (Wildman–Crippen MR) is 218 cm³/mol. The molecule has 0 spiro atoms. The van der Waals surface area contributed by atoms with E-state index in [0.29, 0.717) is 37.3 Å². The van der Waals surface area contributed by atoms with Crippen LogP contribution in [0.4, 0.5) is 0 Å². The van der Waals surface area contributed by atoms with E-state index < -0.39 is 0 Å². The van der Waals surface area contributed by atoms with Crippen LogP contribution >= 0.6 is 0 Å². The van der Waals surface area contributed by atoms with Crippen LogP contribution in [0.2, 0.25) is 0 Å². The fourth-order valence-corrected chi connectivity index (χ4v) is 6.44. The lowest BCUT2D eigenvalue weighted by molar-refractivity contribution is -0.115. The Bertz CT molecular complexity index is 1760. The topological polar surface area (TPSA) is 121 Å². The normalized spacial score (nSPS) is 16.5. The maximum absolute atomic E-state index is 9.44. The average molecular weight is 755 g/mol. The Balaban J connectivity index is 0.000000224. The monoisotopic (exact) mass is 754 g/mol. The van der Waals surface area contributed by atoms with E-state index in [2.05, 4.69) is 70.0 Å². The number of aromatic nitrogens is 4. The number of carbonyl (C=O) groups is 1. The van der Waals surface area contributed by atoms with Crippen LogP contribution in [-0.2, 0) is 30.5 Å². The number of benzene rings is 2. The molecular weight excluding hydrogens is 693 g/mol. The second-order valence-corrected chi connectivity index (χ2v) is 14.6. The van der Waals surface area contributed by atoms with Gasteiger partial charge in [0.1, 0.15) is 17.4 Å². The van der Waals surface area contributed by atoms with Crippen LogP contribution in [0.15, 0.2) is 60.9 Å². The lowest BCUT2D eigenvalue weighted by atomic mass is 10.1. The SMILES string of the molecule is CC(C)=O.CCc1ccnc(Cc2ccc(OC)c(OCC3CCN(C(C)C)C3)c2)n1.CCc1ccnc(Cc2ccc(OC)c(OCC3CCNC3)c2)n1. The minimum Gasteiger partial charge on any atom is -0.493 e. The van der Waals surface area contributed by atoms with Gasteiger partial charge in [-0.1, -0.05) is 26.0 Å². The van der Waals surface area contributed by atoms with E-state index in [9.17, 15) is 4.79 Å². The number of Topliss-reactive ketones (excluding diaryl/α,β-unsaturated/α-hetero) is 1. The zero-order chi connectivity index (χ0) is 39.6. The molecule has 2 atom stereocenters. The van der Waals surface area contributed by atoms with Crippen molar-refractivity contribution in [2.75, 3.05) is 53.6 Å². The van der Waals surface area contributed by atoms with Gasteiger partial charge in [-0.2, -0.15) is 0 Å². The minimum atomic E-state index is 0.167. The molecule has 55 heavy (non-hydrogen) atoms. The molecule has 2 aliphatic rings. The minimum absolute atomic E-state index is 0.167. The quantitative estimate of drug-likeness (QED) is 0.136. The first-order valence-electron chi connectivity index (χ1n) is 19.7. The number of hydrogen-bond donors (Lipinski definition) is 1. The molecule has 0 aliphatic carbocycles. The third-order valence-electron chi connectivity index (χ3n) is 9.59. The predicted octanol–water partition coefficient (Wildman–Crippen LogP) is 6.97. The molecule has 11 nitrogen and oxygen atoms in total.